The molecule has 0 fully saturated rings. The van der Waals surface area contributed by atoms with Crippen LogP contribution in [0.4, 0.5) is 8.78 Å². The molecule has 0 unspecified atom stereocenters. The van der Waals surface area contributed by atoms with Crippen LogP contribution in [0.2, 0.25) is 0 Å². The summed E-state index contributed by atoms with van der Waals surface area (Å²) in [5, 5.41) is 0. The molecule has 0 aliphatic carbocycles. The summed E-state index contributed by atoms with van der Waals surface area (Å²) in [6.45, 7) is 4.97. The standard InChI is InChI=1S/C10H13F2NO2S/c1-10(2,3)13-16(14,15)7-4-5-8(11)9(12)6-7/h4-6,13H,1-3H3. The van der Waals surface area contributed by atoms with Crippen molar-refractivity contribution in [1.29, 1.82) is 0 Å². The third kappa shape index (κ3) is 3.24. The molecule has 3 nitrogen and oxygen atoms in total. The minimum Gasteiger partial charge on any atom is -0.207 e. The number of halogens is 2. The van der Waals surface area contributed by atoms with Gasteiger partial charge in [0.1, 0.15) is 0 Å². The lowest BCUT2D eigenvalue weighted by molar-refractivity contribution is 0.487. The summed E-state index contributed by atoms with van der Waals surface area (Å²) >= 11 is 0. The third-order valence-electron chi connectivity index (χ3n) is 1.64. The van der Waals surface area contributed by atoms with Crippen LogP contribution < -0.4 is 4.72 Å². The Hall–Kier alpha value is -1.01. The minimum absolute atomic E-state index is 0.290. The lowest BCUT2D eigenvalue weighted by atomic mass is 10.1. The second-order valence-electron chi connectivity index (χ2n) is 4.43. The summed E-state index contributed by atoms with van der Waals surface area (Å²) in [4.78, 5) is -0.290. The fourth-order valence-electron chi connectivity index (χ4n) is 1.11. The molecule has 0 radical (unpaired) electrons. The van der Waals surface area contributed by atoms with Crippen molar-refractivity contribution in [1.82, 2.24) is 4.72 Å². The van der Waals surface area contributed by atoms with Gasteiger partial charge in [0.15, 0.2) is 11.6 Å². The zero-order chi connectivity index (χ0) is 12.6. The summed E-state index contributed by atoms with van der Waals surface area (Å²) < 4.78 is 51.3. The zero-order valence-electron chi connectivity index (χ0n) is 9.21. The van der Waals surface area contributed by atoms with E-state index in [0.717, 1.165) is 12.1 Å². The van der Waals surface area contributed by atoms with Gasteiger partial charge >= 0.3 is 0 Å². The molecule has 0 atom stereocenters. The molecule has 16 heavy (non-hydrogen) atoms. The van der Waals surface area contributed by atoms with Crippen LogP contribution in [0.25, 0.3) is 0 Å². The third-order valence-corrected chi connectivity index (χ3v) is 3.40. The van der Waals surface area contributed by atoms with Gasteiger partial charge in [-0.25, -0.2) is 21.9 Å². The Morgan fingerprint density at radius 2 is 1.69 bits per heavy atom. The predicted octanol–water partition coefficient (Wildman–Crippen LogP) is 2.04. The minimum atomic E-state index is -3.81. The first-order valence-corrected chi connectivity index (χ1v) is 6.09. The highest BCUT2D eigenvalue weighted by atomic mass is 32.2. The average molecular weight is 249 g/mol. The highest BCUT2D eigenvalue weighted by molar-refractivity contribution is 7.89. The van der Waals surface area contributed by atoms with Crippen molar-refractivity contribution in [3.63, 3.8) is 0 Å². The maximum atomic E-state index is 12.9. The molecule has 90 valence electrons. The van der Waals surface area contributed by atoms with Crippen LogP contribution in [0, 0.1) is 11.6 Å². The Morgan fingerprint density at radius 1 is 1.12 bits per heavy atom. The highest BCUT2D eigenvalue weighted by Gasteiger charge is 2.22. The second kappa shape index (κ2) is 4.10. The van der Waals surface area contributed by atoms with Crippen LogP contribution in [-0.4, -0.2) is 14.0 Å². The molecule has 0 heterocycles. The van der Waals surface area contributed by atoms with Crippen molar-refractivity contribution in [3.05, 3.63) is 29.8 Å². The Kier molecular flexibility index (Phi) is 3.35. The topological polar surface area (TPSA) is 46.2 Å². The Bertz CT molecular complexity index is 492. The van der Waals surface area contributed by atoms with Crippen LogP contribution >= 0.6 is 0 Å². The smallest absolute Gasteiger partial charge is 0.207 e. The highest BCUT2D eigenvalue weighted by Crippen LogP contribution is 2.15. The van der Waals surface area contributed by atoms with Crippen LogP contribution in [0.1, 0.15) is 20.8 Å². The van der Waals surface area contributed by atoms with Gasteiger partial charge in [-0.3, -0.25) is 0 Å². The molecule has 1 rings (SSSR count). The fraction of sp³-hybridized carbons (Fsp3) is 0.400. The number of sulfonamides is 1. The van der Waals surface area contributed by atoms with E-state index in [0.29, 0.717) is 6.07 Å². The molecule has 1 aromatic carbocycles. The number of benzene rings is 1. The number of hydrogen-bond donors (Lipinski definition) is 1. The van der Waals surface area contributed by atoms with E-state index in [9.17, 15) is 17.2 Å². The van der Waals surface area contributed by atoms with Gasteiger partial charge in [0.05, 0.1) is 4.90 Å². The molecule has 0 saturated heterocycles. The number of rotatable bonds is 2. The van der Waals surface area contributed by atoms with Gasteiger partial charge in [0.2, 0.25) is 10.0 Å². The summed E-state index contributed by atoms with van der Waals surface area (Å²) in [5.74, 6) is -2.26. The van der Waals surface area contributed by atoms with Gasteiger partial charge in [-0.05, 0) is 39.0 Å². The van der Waals surface area contributed by atoms with E-state index in [1.54, 1.807) is 20.8 Å². The van der Waals surface area contributed by atoms with Crippen molar-refractivity contribution in [2.24, 2.45) is 0 Å². The first-order chi connectivity index (χ1) is 7.12. The lowest BCUT2D eigenvalue weighted by Gasteiger charge is -2.20. The molecule has 0 aromatic heterocycles. The first kappa shape index (κ1) is 13.1. The summed E-state index contributed by atoms with van der Waals surface area (Å²) in [5.41, 5.74) is -0.677. The Labute approximate surface area is 93.5 Å². The zero-order valence-corrected chi connectivity index (χ0v) is 10.0. The molecule has 0 aliphatic rings. The molecule has 0 aliphatic heterocycles. The normalized spacial score (nSPS) is 12.8. The van der Waals surface area contributed by atoms with Crippen molar-refractivity contribution in [3.8, 4) is 0 Å². The van der Waals surface area contributed by atoms with E-state index >= 15 is 0 Å². The summed E-state index contributed by atoms with van der Waals surface area (Å²) in [6.07, 6.45) is 0. The van der Waals surface area contributed by atoms with E-state index in [1.807, 2.05) is 0 Å². The van der Waals surface area contributed by atoms with E-state index in [4.69, 9.17) is 0 Å². The second-order valence-corrected chi connectivity index (χ2v) is 6.11. The fourth-order valence-corrected chi connectivity index (χ4v) is 2.54. The molecule has 6 heteroatoms. The van der Waals surface area contributed by atoms with Gasteiger partial charge in [-0.1, -0.05) is 0 Å². The average Bonchev–Trinajstić information content (AvgIpc) is 2.05. The quantitative estimate of drug-likeness (QED) is 0.871. The van der Waals surface area contributed by atoms with Crippen molar-refractivity contribution in [2.45, 2.75) is 31.2 Å². The SMILES string of the molecule is CC(C)(C)NS(=O)(=O)c1ccc(F)c(F)c1. The molecule has 0 bridgehead atoms. The summed E-state index contributed by atoms with van der Waals surface area (Å²) in [6, 6.07) is 2.46. The van der Waals surface area contributed by atoms with Crippen LogP contribution in [0.15, 0.2) is 23.1 Å². The molecule has 0 saturated carbocycles. The Morgan fingerprint density at radius 3 is 2.12 bits per heavy atom. The maximum absolute atomic E-state index is 12.9. The van der Waals surface area contributed by atoms with Gasteiger partial charge in [-0.15, -0.1) is 0 Å². The number of hydrogen-bond acceptors (Lipinski definition) is 2. The van der Waals surface area contributed by atoms with E-state index < -0.39 is 27.2 Å². The van der Waals surface area contributed by atoms with Crippen molar-refractivity contribution < 1.29 is 17.2 Å². The van der Waals surface area contributed by atoms with E-state index in [2.05, 4.69) is 4.72 Å². The van der Waals surface area contributed by atoms with Crippen LogP contribution in [0.5, 0.6) is 0 Å². The van der Waals surface area contributed by atoms with E-state index in [1.165, 1.54) is 0 Å². The molecular weight excluding hydrogens is 236 g/mol. The van der Waals surface area contributed by atoms with Gasteiger partial charge in [-0.2, -0.15) is 0 Å². The van der Waals surface area contributed by atoms with Crippen LogP contribution in [0.3, 0.4) is 0 Å². The lowest BCUT2D eigenvalue weighted by Crippen LogP contribution is -2.40. The largest absolute Gasteiger partial charge is 0.241 e. The van der Waals surface area contributed by atoms with Gasteiger partial charge in [0, 0.05) is 5.54 Å². The number of nitrogens with one attached hydrogen (secondary N) is 1. The molecule has 1 N–H and O–H groups in total. The molecule has 0 spiro atoms. The van der Waals surface area contributed by atoms with Gasteiger partial charge in [0.25, 0.3) is 0 Å². The first-order valence-electron chi connectivity index (χ1n) is 4.61. The maximum Gasteiger partial charge on any atom is 0.241 e. The van der Waals surface area contributed by atoms with Gasteiger partial charge < -0.3 is 0 Å². The molecular formula is C10H13F2NO2S. The monoisotopic (exact) mass is 249 g/mol. The van der Waals surface area contributed by atoms with Crippen molar-refractivity contribution >= 4 is 10.0 Å². The van der Waals surface area contributed by atoms with Crippen LogP contribution in [-0.2, 0) is 10.0 Å². The Balaban J connectivity index is 3.13. The van der Waals surface area contributed by atoms with Crippen molar-refractivity contribution in [2.75, 3.05) is 0 Å². The van der Waals surface area contributed by atoms with E-state index in [-0.39, 0.29) is 4.90 Å². The molecule has 0 amide bonds. The predicted molar refractivity (Wildman–Crippen MR) is 56.4 cm³/mol. The summed E-state index contributed by atoms with van der Waals surface area (Å²) in [7, 11) is -3.81. The molecule has 1 aromatic rings.